The van der Waals surface area contributed by atoms with E-state index in [4.69, 9.17) is 0 Å². The second-order valence-corrected chi connectivity index (χ2v) is 5.42. The van der Waals surface area contributed by atoms with E-state index in [1.165, 1.54) is 51.9 Å². The first kappa shape index (κ1) is 9.17. The Morgan fingerprint density at radius 1 is 0.643 bits per heavy atom. The summed E-state index contributed by atoms with van der Waals surface area (Å²) in [4.78, 5) is 0. The van der Waals surface area contributed by atoms with Gasteiger partial charge in [-0.3, -0.25) is 0 Å². The lowest BCUT2D eigenvalue weighted by Gasteiger charge is -2.39. The van der Waals surface area contributed by atoms with E-state index in [-0.39, 0.29) is 0 Å². The van der Waals surface area contributed by atoms with Gasteiger partial charge in [0.25, 0.3) is 0 Å². The molecule has 0 amide bonds. The van der Waals surface area contributed by atoms with Gasteiger partial charge in [-0.25, -0.2) is 0 Å². The molecule has 14 heavy (non-hydrogen) atoms. The van der Waals surface area contributed by atoms with Crippen LogP contribution in [0.4, 0.5) is 0 Å². The van der Waals surface area contributed by atoms with E-state index in [9.17, 15) is 0 Å². The average Bonchev–Trinajstić information content (AvgIpc) is 2.50. The van der Waals surface area contributed by atoms with Crippen LogP contribution in [0.2, 0.25) is 0 Å². The molecule has 3 rings (SSSR count). The summed E-state index contributed by atoms with van der Waals surface area (Å²) in [5.74, 6) is 4.18. The van der Waals surface area contributed by atoms with E-state index >= 15 is 0 Å². The van der Waals surface area contributed by atoms with Gasteiger partial charge in [0.1, 0.15) is 0 Å². The molecular formula is C12H22N2. The molecule has 80 valence electrons. The van der Waals surface area contributed by atoms with Gasteiger partial charge in [-0.1, -0.05) is 0 Å². The summed E-state index contributed by atoms with van der Waals surface area (Å²) in [6, 6.07) is 0. The maximum absolute atomic E-state index is 3.60. The monoisotopic (exact) mass is 194 g/mol. The Balaban J connectivity index is 1.70. The van der Waals surface area contributed by atoms with Crippen molar-refractivity contribution in [2.75, 3.05) is 26.2 Å². The van der Waals surface area contributed by atoms with E-state index in [1.807, 2.05) is 0 Å². The first-order valence-electron chi connectivity index (χ1n) is 6.36. The summed E-state index contributed by atoms with van der Waals surface area (Å²) < 4.78 is 0. The maximum Gasteiger partial charge on any atom is -0.00175 e. The van der Waals surface area contributed by atoms with E-state index in [1.54, 1.807) is 0 Å². The summed E-state index contributed by atoms with van der Waals surface area (Å²) >= 11 is 0. The molecule has 0 radical (unpaired) electrons. The van der Waals surface area contributed by atoms with Crippen LogP contribution in [0.1, 0.15) is 25.7 Å². The second kappa shape index (κ2) is 3.82. The molecule has 2 N–H and O–H groups in total. The number of fused-ring (bicyclic) bond motifs is 2. The van der Waals surface area contributed by atoms with Crippen molar-refractivity contribution < 1.29 is 0 Å². The third kappa shape index (κ3) is 1.49. The van der Waals surface area contributed by atoms with Crippen LogP contribution in [0, 0.1) is 23.7 Å². The van der Waals surface area contributed by atoms with Gasteiger partial charge in [-0.2, -0.15) is 0 Å². The molecule has 2 saturated heterocycles. The Hall–Kier alpha value is -0.0800. The van der Waals surface area contributed by atoms with E-state index in [0.29, 0.717) is 0 Å². The van der Waals surface area contributed by atoms with Gasteiger partial charge in [-0.05, 0) is 75.5 Å². The number of hydrogen-bond donors (Lipinski definition) is 2. The Labute approximate surface area is 86.8 Å². The Kier molecular flexibility index (Phi) is 2.50. The minimum Gasteiger partial charge on any atom is -0.317 e. The van der Waals surface area contributed by atoms with Gasteiger partial charge < -0.3 is 10.6 Å². The fourth-order valence-corrected chi connectivity index (χ4v) is 4.13. The van der Waals surface area contributed by atoms with Gasteiger partial charge >= 0.3 is 0 Å². The Bertz CT molecular complexity index is 182. The van der Waals surface area contributed by atoms with Crippen molar-refractivity contribution in [1.29, 1.82) is 0 Å². The lowest BCUT2D eigenvalue weighted by Crippen LogP contribution is -2.44. The Morgan fingerprint density at radius 2 is 1.29 bits per heavy atom. The van der Waals surface area contributed by atoms with Crippen molar-refractivity contribution in [3.63, 3.8) is 0 Å². The molecule has 3 fully saturated rings. The summed E-state index contributed by atoms with van der Waals surface area (Å²) in [5.41, 5.74) is 0. The minimum atomic E-state index is 1.02. The van der Waals surface area contributed by atoms with Crippen LogP contribution in [0.25, 0.3) is 0 Å². The van der Waals surface area contributed by atoms with E-state index < -0.39 is 0 Å². The molecule has 2 heterocycles. The minimum absolute atomic E-state index is 1.02. The second-order valence-electron chi connectivity index (χ2n) is 5.42. The van der Waals surface area contributed by atoms with E-state index in [2.05, 4.69) is 10.6 Å². The highest BCUT2D eigenvalue weighted by atomic mass is 14.9. The molecular weight excluding hydrogens is 172 g/mol. The molecule has 0 aromatic heterocycles. The summed E-state index contributed by atoms with van der Waals surface area (Å²) in [6.45, 7) is 5.16. The first-order valence-corrected chi connectivity index (χ1v) is 6.36. The predicted molar refractivity (Wildman–Crippen MR) is 58.2 cm³/mol. The SMILES string of the molecule is C1CC(C2C3CCC2CNC3)CCN1. The fourth-order valence-electron chi connectivity index (χ4n) is 4.13. The summed E-state index contributed by atoms with van der Waals surface area (Å²) in [6.07, 6.45) is 5.90. The zero-order chi connectivity index (χ0) is 9.38. The molecule has 2 unspecified atom stereocenters. The van der Waals surface area contributed by atoms with Crippen LogP contribution in [0.15, 0.2) is 0 Å². The molecule has 2 nitrogen and oxygen atoms in total. The van der Waals surface area contributed by atoms with Crippen LogP contribution in [-0.4, -0.2) is 26.2 Å². The zero-order valence-corrected chi connectivity index (χ0v) is 8.97. The number of rotatable bonds is 1. The molecule has 2 heteroatoms. The topological polar surface area (TPSA) is 24.1 Å². The maximum atomic E-state index is 3.60. The third-order valence-corrected chi connectivity index (χ3v) is 4.74. The van der Waals surface area contributed by atoms with E-state index in [0.717, 1.165) is 23.7 Å². The molecule has 0 aromatic rings. The van der Waals surface area contributed by atoms with Crippen molar-refractivity contribution >= 4 is 0 Å². The smallest absolute Gasteiger partial charge is 0.00175 e. The molecule has 1 saturated carbocycles. The highest BCUT2D eigenvalue weighted by Crippen LogP contribution is 2.45. The van der Waals surface area contributed by atoms with Crippen LogP contribution in [-0.2, 0) is 0 Å². The van der Waals surface area contributed by atoms with Gasteiger partial charge in [0.2, 0.25) is 0 Å². The van der Waals surface area contributed by atoms with Crippen LogP contribution >= 0.6 is 0 Å². The summed E-state index contributed by atoms with van der Waals surface area (Å²) in [7, 11) is 0. The first-order chi connectivity index (χ1) is 6.95. The van der Waals surface area contributed by atoms with Crippen LogP contribution in [0.3, 0.4) is 0 Å². The number of nitrogens with one attached hydrogen (secondary N) is 2. The third-order valence-electron chi connectivity index (χ3n) is 4.74. The highest BCUT2D eigenvalue weighted by Gasteiger charge is 2.42. The molecule has 0 aromatic carbocycles. The Morgan fingerprint density at radius 3 is 1.93 bits per heavy atom. The van der Waals surface area contributed by atoms with Gasteiger partial charge in [0.15, 0.2) is 0 Å². The van der Waals surface area contributed by atoms with Crippen molar-refractivity contribution in [2.45, 2.75) is 25.7 Å². The summed E-state index contributed by atoms with van der Waals surface area (Å²) in [5, 5.41) is 7.09. The molecule has 0 spiro atoms. The molecule has 1 aliphatic carbocycles. The van der Waals surface area contributed by atoms with Crippen molar-refractivity contribution in [1.82, 2.24) is 10.6 Å². The van der Waals surface area contributed by atoms with Crippen molar-refractivity contribution in [3.05, 3.63) is 0 Å². The highest BCUT2D eigenvalue weighted by molar-refractivity contribution is 4.95. The predicted octanol–water partition coefficient (Wildman–Crippen LogP) is 1.23. The van der Waals surface area contributed by atoms with Crippen LogP contribution in [0.5, 0.6) is 0 Å². The van der Waals surface area contributed by atoms with Gasteiger partial charge in [0.05, 0.1) is 0 Å². The van der Waals surface area contributed by atoms with Crippen molar-refractivity contribution in [2.24, 2.45) is 23.7 Å². The van der Waals surface area contributed by atoms with Crippen LogP contribution < -0.4 is 10.6 Å². The quantitative estimate of drug-likeness (QED) is 0.656. The van der Waals surface area contributed by atoms with Gasteiger partial charge in [-0.15, -0.1) is 0 Å². The number of hydrogen-bond acceptors (Lipinski definition) is 2. The fraction of sp³-hybridized carbons (Fsp3) is 1.00. The normalized spacial score (nSPS) is 44.1. The van der Waals surface area contributed by atoms with Gasteiger partial charge in [0, 0.05) is 0 Å². The molecule has 2 atom stereocenters. The molecule has 2 aliphatic heterocycles. The zero-order valence-electron chi connectivity index (χ0n) is 8.97. The lowest BCUT2D eigenvalue weighted by atomic mass is 9.73. The molecule has 2 bridgehead atoms. The lowest BCUT2D eigenvalue weighted by molar-refractivity contribution is 0.136. The van der Waals surface area contributed by atoms with Crippen molar-refractivity contribution in [3.8, 4) is 0 Å². The molecule has 3 aliphatic rings. The average molecular weight is 194 g/mol. The standard InChI is InChI=1S/C12H22N2/c1-2-11-8-14-7-10(1)12(11)9-3-5-13-6-4-9/h9-14H,1-8H2. The number of piperidine rings is 2. The largest absolute Gasteiger partial charge is 0.317 e.